The first-order valence-corrected chi connectivity index (χ1v) is 5.27. The van der Waals surface area contributed by atoms with E-state index in [0.717, 1.165) is 5.56 Å². The van der Waals surface area contributed by atoms with Gasteiger partial charge in [-0.05, 0) is 31.0 Å². The summed E-state index contributed by atoms with van der Waals surface area (Å²) in [5.41, 5.74) is 0.896. The van der Waals surface area contributed by atoms with Crippen molar-refractivity contribution in [2.75, 3.05) is 5.32 Å². The summed E-state index contributed by atoms with van der Waals surface area (Å²) in [7, 11) is 0. The van der Waals surface area contributed by atoms with Gasteiger partial charge in [0.2, 0.25) is 5.91 Å². The highest BCUT2D eigenvalue weighted by molar-refractivity contribution is 5.98. The highest BCUT2D eigenvalue weighted by Gasteiger charge is 2.44. The molecule has 0 aliphatic heterocycles. The number of nitrogens with one attached hydrogen (secondary N) is 1. The van der Waals surface area contributed by atoms with Gasteiger partial charge in [0.15, 0.2) is 0 Å². The van der Waals surface area contributed by atoms with E-state index in [1.54, 1.807) is 13.0 Å². The summed E-state index contributed by atoms with van der Waals surface area (Å²) in [6, 6.07) is 4.35. The van der Waals surface area contributed by atoms with Gasteiger partial charge < -0.3 is 15.2 Å². The maximum atomic E-state index is 13.3. The van der Waals surface area contributed by atoms with E-state index in [-0.39, 0.29) is 12.1 Å². The normalized spacial score (nSPS) is 22.0. The minimum absolute atomic E-state index is 0.0824. The van der Waals surface area contributed by atoms with Crippen molar-refractivity contribution in [2.45, 2.75) is 13.3 Å². The Morgan fingerprint density at radius 3 is 2.71 bits per heavy atom. The number of carbonyl (C=O) groups is 2. The van der Waals surface area contributed by atoms with Crippen molar-refractivity contribution in [3.63, 3.8) is 0 Å². The fourth-order valence-corrected chi connectivity index (χ4v) is 1.71. The molecule has 1 aliphatic carbocycles. The summed E-state index contributed by atoms with van der Waals surface area (Å²) in [6.45, 7) is 1.77. The van der Waals surface area contributed by atoms with Crippen LogP contribution in [0.25, 0.3) is 0 Å². The lowest BCUT2D eigenvalue weighted by Gasteiger charge is -2.07. The number of carboxylic acid groups (broad SMARTS) is 1. The second-order valence-electron chi connectivity index (χ2n) is 4.24. The van der Waals surface area contributed by atoms with E-state index < -0.39 is 29.5 Å². The van der Waals surface area contributed by atoms with Crippen LogP contribution in [0.2, 0.25) is 0 Å². The second kappa shape index (κ2) is 4.16. The molecule has 2 rings (SSSR count). The lowest BCUT2D eigenvalue weighted by molar-refractivity contribution is -0.308. The molecule has 2 atom stereocenters. The van der Waals surface area contributed by atoms with Gasteiger partial charge in [0.05, 0.1) is 5.69 Å². The minimum Gasteiger partial charge on any atom is -0.550 e. The first-order valence-electron chi connectivity index (χ1n) is 5.27. The number of halogens is 1. The smallest absolute Gasteiger partial charge is 0.228 e. The number of aliphatic carboxylic acids is 1. The molecular formula is C12H11FNO3-. The number of anilines is 1. The quantitative estimate of drug-likeness (QED) is 0.828. The highest BCUT2D eigenvalue weighted by Crippen LogP contribution is 2.38. The molecule has 1 N–H and O–H groups in total. The molecule has 0 radical (unpaired) electrons. The van der Waals surface area contributed by atoms with Crippen LogP contribution in [0.1, 0.15) is 12.0 Å². The summed E-state index contributed by atoms with van der Waals surface area (Å²) in [4.78, 5) is 22.1. The van der Waals surface area contributed by atoms with Crippen LogP contribution in [0.15, 0.2) is 18.2 Å². The number of rotatable bonds is 3. The molecule has 90 valence electrons. The zero-order chi connectivity index (χ0) is 12.6. The molecule has 1 aliphatic rings. The number of carboxylic acids is 1. The molecule has 1 aromatic carbocycles. The molecule has 0 saturated heterocycles. The fraction of sp³-hybridized carbons (Fsp3) is 0.333. The largest absolute Gasteiger partial charge is 0.550 e. The monoisotopic (exact) mass is 236 g/mol. The van der Waals surface area contributed by atoms with Gasteiger partial charge >= 0.3 is 0 Å². The van der Waals surface area contributed by atoms with E-state index in [0.29, 0.717) is 0 Å². The molecular weight excluding hydrogens is 225 g/mol. The molecule has 1 amide bonds. The summed E-state index contributed by atoms with van der Waals surface area (Å²) in [5, 5.41) is 12.9. The van der Waals surface area contributed by atoms with Crippen LogP contribution >= 0.6 is 0 Å². The van der Waals surface area contributed by atoms with Crippen LogP contribution in [0, 0.1) is 24.6 Å². The number of amides is 1. The lowest BCUT2D eigenvalue weighted by Crippen LogP contribution is -2.27. The maximum Gasteiger partial charge on any atom is 0.228 e. The number of carbonyl (C=O) groups excluding carboxylic acids is 2. The fourth-order valence-electron chi connectivity index (χ4n) is 1.71. The third-order valence-corrected chi connectivity index (χ3v) is 2.81. The Bertz CT molecular complexity index is 487. The molecule has 0 heterocycles. The van der Waals surface area contributed by atoms with Crippen LogP contribution in [0.4, 0.5) is 10.1 Å². The molecule has 1 saturated carbocycles. The Hall–Kier alpha value is -1.91. The van der Waals surface area contributed by atoms with Crippen molar-refractivity contribution in [1.29, 1.82) is 0 Å². The van der Waals surface area contributed by atoms with Crippen LogP contribution in [0.5, 0.6) is 0 Å². The lowest BCUT2D eigenvalue weighted by atomic mass is 10.2. The van der Waals surface area contributed by atoms with E-state index >= 15 is 0 Å². The summed E-state index contributed by atoms with van der Waals surface area (Å²) in [5.74, 6) is -3.56. The van der Waals surface area contributed by atoms with Crippen molar-refractivity contribution in [1.82, 2.24) is 0 Å². The molecule has 1 fully saturated rings. The van der Waals surface area contributed by atoms with Crippen LogP contribution in [-0.2, 0) is 9.59 Å². The SMILES string of the molecule is Cc1ccc(F)c(NC(=O)[C@H]2C[C@H]2C(=O)[O-])c1. The maximum absolute atomic E-state index is 13.3. The molecule has 0 bridgehead atoms. The molecule has 0 aromatic heterocycles. The third-order valence-electron chi connectivity index (χ3n) is 2.81. The summed E-state index contributed by atoms with van der Waals surface area (Å²) < 4.78 is 13.3. The minimum atomic E-state index is -1.23. The molecule has 0 spiro atoms. The van der Waals surface area contributed by atoms with Crippen molar-refractivity contribution in [3.8, 4) is 0 Å². The van der Waals surface area contributed by atoms with Gasteiger partial charge in [-0.1, -0.05) is 6.07 Å². The van der Waals surface area contributed by atoms with Gasteiger partial charge in [0, 0.05) is 17.8 Å². The van der Waals surface area contributed by atoms with Gasteiger partial charge in [-0.3, -0.25) is 4.79 Å². The van der Waals surface area contributed by atoms with Gasteiger partial charge in [-0.15, -0.1) is 0 Å². The Labute approximate surface area is 97.4 Å². The van der Waals surface area contributed by atoms with Crippen LogP contribution in [0.3, 0.4) is 0 Å². The van der Waals surface area contributed by atoms with E-state index in [2.05, 4.69) is 5.32 Å². The molecule has 0 unspecified atom stereocenters. The molecule has 1 aromatic rings. The van der Waals surface area contributed by atoms with Crippen molar-refractivity contribution in [2.24, 2.45) is 11.8 Å². The average Bonchev–Trinajstić information content (AvgIpc) is 3.03. The summed E-state index contributed by atoms with van der Waals surface area (Å²) >= 11 is 0. The van der Waals surface area contributed by atoms with E-state index in [9.17, 15) is 19.1 Å². The predicted molar refractivity (Wildman–Crippen MR) is 56.4 cm³/mol. The first kappa shape index (κ1) is 11.6. The number of hydrogen-bond acceptors (Lipinski definition) is 3. The third kappa shape index (κ3) is 2.43. The standard InChI is InChI=1S/C12H12FNO3/c1-6-2-3-9(13)10(4-6)14-11(15)7-5-8(7)12(16)17/h2-4,7-8H,5H2,1H3,(H,14,15)(H,16,17)/p-1/t7-,8+/m0/s1. The topological polar surface area (TPSA) is 69.2 Å². The number of hydrogen-bond donors (Lipinski definition) is 1. The van der Waals surface area contributed by atoms with Crippen molar-refractivity contribution < 1.29 is 19.1 Å². The van der Waals surface area contributed by atoms with E-state index in [1.165, 1.54) is 12.1 Å². The average molecular weight is 236 g/mol. The van der Waals surface area contributed by atoms with Crippen LogP contribution in [-0.4, -0.2) is 11.9 Å². The van der Waals surface area contributed by atoms with Gasteiger partial charge in [-0.25, -0.2) is 4.39 Å². The van der Waals surface area contributed by atoms with Crippen molar-refractivity contribution in [3.05, 3.63) is 29.6 Å². The Kier molecular flexibility index (Phi) is 2.83. The Morgan fingerprint density at radius 1 is 1.41 bits per heavy atom. The zero-order valence-corrected chi connectivity index (χ0v) is 9.20. The Morgan fingerprint density at radius 2 is 2.12 bits per heavy atom. The number of benzene rings is 1. The summed E-state index contributed by atoms with van der Waals surface area (Å²) in [6.07, 6.45) is 0.265. The Balaban J connectivity index is 2.04. The predicted octanol–water partition coefficient (Wildman–Crippen LogP) is 0.459. The van der Waals surface area contributed by atoms with Gasteiger partial charge in [0.1, 0.15) is 5.82 Å². The highest BCUT2D eigenvalue weighted by atomic mass is 19.1. The van der Waals surface area contributed by atoms with Gasteiger partial charge in [0.25, 0.3) is 0 Å². The van der Waals surface area contributed by atoms with E-state index in [1.807, 2.05) is 0 Å². The molecule has 5 heteroatoms. The van der Waals surface area contributed by atoms with E-state index in [4.69, 9.17) is 0 Å². The number of aryl methyl sites for hydroxylation is 1. The second-order valence-corrected chi connectivity index (χ2v) is 4.24. The van der Waals surface area contributed by atoms with Crippen molar-refractivity contribution >= 4 is 17.6 Å². The molecule has 17 heavy (non-hydrogen) atoms. The zero-order valence-electron chi connectivity index (χ0n) is 9.20. The first-order chi connectivity index (χ1) is 7.99. The molecule has 4 nitrogen and oxygen atoms in total. The van der Waals surface area contributed by atoms with Crippen LogP contribution < -0.4 is 10.4 Å². The van der Waals surface area contributed by atoms with Gasteiger partial charge in [-0.2, -0.15) is 0 Å².